The van der Waals surface area contributed by atoms with E-state index >= 15 is 0 Å². The Kier molecular flexibility index (Phi) is 6.13. The highest BCUT2D eigenvalue weighted by Crippen LogP contribution is 2.31. The van der Waals surface area contributed by atoms with Gasteiger partial charge >= 0.3 is 0 Å². The number of aromatic nitrogens is 4. The standard InChI is InChI=1S/C24H26N6O4S/c1-15-21-22(30(28-15)17-6-4-3-5-7-17)24(31)27-23(26-21)19-9-8-18(14-20(19)34-2)35(32,33)29-16-10-12-25-13-11-16/h3-9,14,16,25,29H,10-13H2,1-2H3,(H,26,27,31). The van der Waals surface area contributed by atoms with Crippen molar-refractivity contribution in [3.05, 3.63) is 64.6 Å². The van der Waals surface area contributed by atoms with Crippen molar-refractivity contribution in [1.29, 1.82) is 0 Å². The number of rotatable bonds is 6. The van der Waals surface area contributed by atoms with Crippen molar-refractivity contribution in [3.63, 3.8) is 0 Å². The van der Waals surface area contributed by atoms with Gasteiger partial charge in [0.25, 0.3) is 5.56 Å². The maximum Gasteiger partial charge on any atom is 0.277 e. The quantitative estimate of drug-likeness (QED) is 0.374. The molecule has 1 fully saturated rings. The van der Waals surface area contributed by atoms with E-state index in [1.807, 2.05) is 30.3 Å². The highest BCUT2D eigenvalue weighted by molar-refractivity contribution is 7.89. The monoisotopic (exact) mass is 494 g/mol. The molecule has 2 aromatic carbocycles. The molecule has 5 rings (SSSR count). The molecule has 1 saturated heterocycles. The first-order valence-electron chi connectivity index (χ1n) is 11.3. The molecule has 3 heterocycles. The second-order valence-electron chi connectivity index (χ2n) is 8.45. The predicted octanol–water partition coefficient (Wildman–Crippen LogP) is 2.12. The molecule has 11 heteroatoms. The van der Waals surface area contributed by atoms with Crippen LogP contribution in [0.3, 0.4) is 0 Å². The first-order valence-corrected chi connectivity index (χ1v) is 12.8. The van der Waals surface area contributed by atoms with Gasteiger partial charge in [0.05, 0.1) is 29.0 Å². The number of aryl methyl sites for hydroxylation is 1. The average molecular weight is 495 g/mol. The van der Waals surface area contributed by atoms with Crippen molar-refractivity contribution >= 4 is 21.1 Å². The van der Waals surface area contributed by atoms with Crippen LogP contribution in [0.5, 0.6) is 5.75 Å². The van der Waals surface area contributed by atoms with Gasteiger partial charge in [0.1, 0.15) is 17.1 Å². The molecule has 10 nitrogen and oxygen atoms in total. The number of para-hydroxylation sites is 1. The van der Waals surface area contributed by atoms with Crippen molar-refractivity contribution in [2.24, 2.45) is 0 Å². The molecule has 0 aliphatic carbocycles. The Hall–Kier alpha value is -3.54. The first kappa shape index (κ1) is 23.2. The van der Waals surface area contributed by atoms with Gasteiger partial charge < -0.3 is 15.0 Å². The summed E-state index contributed by atoms with van der Waals surface area (Å²) in [7, 11) is -2.28. The van der Waals surface area contributed by atoms with Gasteiger partial charge in [-0.15, -0.1) is 0 Å². The molecule has 0 bridgehead atoms. The number of ether oxygens (including phenoxy) is 1. The van der Waals surface area contributed by atoms with E-state index in [1.165, 1.54) is 19.2 Å². The van der Waals surface area contributed by atoms with E-state index in [-0.39, 0.29) is 28.1 Å². The van der Waals surface area contributed by atoms with E-state index in [1.54, 1.807) is 17.7 Å². The normalized spacial score (nSPS) is 14.9. The van der Waals surface area contributed by atoms with Crippen LogP contribution in [0.25, 0.3) is 28.1 Å². The SMILES string of the molecule is COc1cc(S(=O)(=O)NC2CCNCC2)ccc1-c1nc2c(C)nn(-c3ccccc3)c2c(=O)[nH]1. The van der Waals surface area contributed by atoms with Crippen molar-refractivity contribution in [2.75, 3.05) is 20.2 Å². The zero-order valence-corrected chi connectivity index (χ0v) is 20.2. The predicted molar refractivity (Wildman–Crippen MR) is 132 cm³/mol. The van der Waals surface area contributed by atoms with Crippen molar-refractivity contribution in [1.82, 2.24) is 29.8 Å². The molecule has 4 aromatic rings. The summed E-state index contributed by atoms with van der Waals surface area (Å²) in [6, 6.07) is 13.8. The summed E-state index contributed by atoms with van der Waals surface area (Å²) in [4.78, 5) is 20.7. The fourth-order valence-corrected chi connectivity index (χ4v) is 5.63. The minimum absolute atomic E-state index is 0.0909. The van der Waals surface area contributed by atoms with Crippen LogP contribution in [-0.4, -0.2) is 54.4 Å². The van der Waals surface area contributed by atoms with Gasteiger partial charge in [-0.2, -0.15) is 5.10 Å². The Bertz CT molecular complexity index is 1540. The number of methoxy groups -OCH3 is 1. The molecule has 182 valence electrons. The first-order chi connectivity index (χ1) is 16.9. The Morgan fingerprint density at radius 3 is 2.57 bits per heavy atom. The van der Waals surface area contributed by atoms with Crippen LogP contribution in [-0.2, 0) is 10.0 Å². The highest BCUT2D eigenvalue weighted by Gasteiger charge is 2.24. The Morgan fingerprint density at radius 1 is 1.11 bits per heavy atom. The zero-order chi connectivity index (χ0) is 24.6. The molecule has 0 atom stereocenters. The van der Waals surface area contributed by atoms with Gasteiger partial charge in [-0.05, 0) is 57.1 Å². The Labute approximate surface area is 202 Å². The molecule has 3 N–H and O–H groups in total. The summed E-state index contributed by atoms with van der Waals surface area (Å²) in [5, 5.41) is 7.73. The minimum atomic E-state index is -3.73. The topological polar surface area (TPSA) is 131 Å². The average Bonchev–Trinajstić information content (AvgIpc) is 3.21. The van der Waals surface area contributed by atoms with Gasteiger partial charge in [-0.1, -0.05) is 18.2 Å². The molecule has 0 radical (unpaired) electrons. The van der Waals surface area contributed by atoms with Crippen LogP contribution in [0.2, 0.25) is 0 Å². The number of fused-ring (bicyclic) bond motifs is 1. The molecule has 1 aliphatic rings. The van der Waals surface area contributed by atoms with Crippen LogP contribution in [0.15, 0.2) is 58.2 Å². The summed E-state index contributed by atoms with van der Waals surface area (Å²) in [5.74, 6) is 0.555. The number of benzene rings is 2. The van der Waals surface area contributed by atoms with Gasteiger partial charge in [0.2, 0.25) is 10.0 Å². The van der Waals surface area contributed by atoms with Gasteiger partial charge in [0.15, 0.2) is 5.52 Å². The molecular weight excluding hydrogens is 468 g/mol. The lowest BCUT2D eigenvalue weighted by Gasteiger charge is -2.23. The third-order valence-corrected chi connectivity index (χ3v) is 7.62. The lowest BCUT2D eigenvalue weighted by molar-refractivity contribution is 0.413. The summed E-state index contributed by atoms with van der Waals surface area (Å²) in [6.45, 7) is 3.34. The van der Waals surface area contributed by atoms with E-state index in [2.05, 4.69) is 25.1 Å². The molecule has 0 saturated carbocycles. The Morgan fingerprint density at radius 2 is 1.86 bits per heavy atom. The number of piperidine rings is 1. The second-order valence-corrected chi connectivity index (χ2v) is 10.2. The Balaban J connectivity index is 1.54. The number of nitrogens with zero attached hydrogens (tertiary/aromatic N) is 3. The second kappa shape index (κ2) is 9.25. The molecule has 35 heavy (non-hydrogen) atoms. The van der Waals surface area contributed by atoms with Gasteiger partial charge in [-0.3, -0.25) is 4.79 Å². The van der Waals surface area contributed by atoms with E-state index < -0.39 is 10.0 Å². The highest BCUT2D eigenvalue weighted by atomic mass is 32.2. The number of H-pyrrole nitrogens is 1. The lowest BCUT2D eigenvalue weighted by atomic mass is 10.1. The van der Waals surface area contributed by atoms with Crippen LogP contribution in [0.4, 0.5) is 0 Å². The summed E-state index contributed by atoms with van der Waals surface area (Å²) in [5.41, 5.74) is 2.25. The van der Waals surface area contributed by atoms with E-state index in [4.69, 9.17) is 4.74 Å². The van der Waals surface area contributed by atoms with Crippen molar-refractivity contribution < 1.29 is 13.2 Å². The fourth-order valence-electron chi connectivity index (χ4n) is 4.31. The third-order valence-electron chi connectivity index (χ3n) is 6.10. The van der Waals surface area contributed by atoms with Crippen LogP contribution >= 0.6 is 0 Å². The van der Waals surface area contributed by atoms with Crippen molar-refractivity contribution in [3.8, 4) is 22.8 Å². The number of aromatic amines is 1. The van der Waals surface area contributed by atoms with Crippen LogP contribution in [0, 0.1) is 6.92 Å². The third kappa shape index (κ3) is 4.45. The largest absolute Gasteiger partial charge is 0.496 e. The van der Waals surface area contributed by atoms with Crippen LogP contribution in [0.1, 0.15) is 18.5 Å². The summed E-state index contributed by atoms with van der Waals surface area (Å²) < 4.78 is 35.8. The minimum Gasteiger partial charge on any atom is -0.496 e. The van der Waals surface area contributed by atoms with E-state index in [9.17, 15) is 13.2 Å². The van der Waals surface area contributed by atoms with E-state index in [0.717, 1.165) is 31.6 Å². The molecule has 0 amide bonds. The molecule has 1 aliphatic heterocycles. The summed E-state index contributed by atoms with van der Waals surface area (Å²) >= 11 is 0. The fraction of sp³-hybridized carbons (Fsp3) is 0.292. The van der Waals surface area contributed by atoms with Crippen LogP contribution < -0.4 is 20.3 Å². The molecule has 2 aromatic heterocycles. The van der Waals surface area contributed by atoms with Gasteiger partial charge in [-0.25, -0.2) is 22.8 Å². The zero-order valence-electron chi connectivity index (χ0n) is 19.4. The maximum atomic E-state index is 13.1. The number of nitrogens with one attached hydrogen (secondary N) is 3. The number of hydrogen-bond donors (Lipinski definition) is 3. The maximum absolute atomic E-state index is 13.1. The van der Waals surface area contributed by atoms with Crippen molar-refractivity contribution in [2.45, 2.75) is 30.7 Å². The molecule has 0 unspecified atom stereocenters. The number of sulfonamides is 1. The van der Waals surface area contributed by atoms with Gasteiger partial charge in [0, 0.05) is 12.1 Å². The number of hydrogen-bond acceptors (Lipinski definition) is 7. The van der Waals surface area contributed by atoms with E-state index in [0.29, 0.717) is 22.3 Å². The molecule has 0 spiro atoms. The molecular formula is C24H26N6O4S. The lowest BCUT2D eigenvalue weighted by Crippen LogP contribution is -2.42. The smallest absolute Gasteiger partial charge is 0.277 e. The summed E-state index contributed by atoms with van der Waals surface area (Å²) in [6.07, 6.45) is 1.46.